The Morgan fingerprint density at radius 3 is 2.28 bits per heavy atom. The van der Waals surface area contributed by atoms with E-state index < -0.39 is 11.7 Å². The van der Waals surface area contributed by atoms with Gasteiger partial charge in [0.1, 0.15) is 5.60 Å². The lowest BCUT2D eigenvalue weighted by Crippen LogP contribution is -2.46. The SMILES string of the molecule is C/C=C(\C)[C@@H](NC(=O)OC(C)(C)C)[C@@H](C)[C@H](CC=C(C)C)OCSC. The Labute approximate surface area is 158 Å². The van der Waals surface area contributed by atoms with Gasteiger partial charge in [0.15, 0.2) is 0 Å². The van der Waals surface area contributed by atoms with Crippen molar-refractivity contribution >= 4 is 17.9 Å². The first kappa shape index (κ1) is 24.1. The second-order valence-electron chi connectivity index (χ2n) is 7.64. The van der Waals surface area contributed by atoms with Crippen molar-refractivity contribution in [2.75, 3.05) is 12.2 Å². The van der Waals surface area contributed by atoms with Gasteiger partial charge < -0.3 is 14.8 Å². The molecule has 0 aromatic heterocycles. The van der Waals surface area contributed by atoms with E-state index in [2.05, 4.69) is 32.2 Å². The van der Waals surface area contributed by atoms with Gasteiger partial charge >= 0.3 is 6.09 Å². The van der Waals surface area contributed by atoms with Crippen LogP contribution in [-0.2, 0) is 9.47 Å². The topological polar surface area (TPSA) is 47.6 Å². The molecule has 0 spiro atoms. The summed E-state index contributed by atoms with van der Waals surface area (Å²) >= 11 is 1.66. The van der Waals surface area contributed by atoms with Gasteiger partial charge in [-0.2, -0.15) is 0 Å². The van der Waals surface area contributed by atoms with E-state index in [1.54, 1.807) is 11.8 Å². The Morgan fingerprint density at radius 1 is 1.24 bits per heavy atom. The van der Waals surface area contributed by atoms with Crippen LogP contribution in [-0.4, -0.2) is 36.0 Å². The van der Waals surface area contributed by atoms with Gasteiger partial charge in [-0.3, -0.25) is 0 Å². The molecule has 1 N–H and O–H groups in total. The Balaban J connectivity index is 5.29. The van der Waals surface area contributed by atoms with Crippen LogP contribution in [0.3, 0.4) is 0 Å². The molecule has 0 aliphatic rings. The van der Waals surface area contributed by atoms with E-state index in [9.17, 15) is 4.79 Å². The first-order valence-corrected chi connectivity index (χ1v) is 10.3. The van der Waals surface area contributed by atoms with Crippen molar-refractivity contribution in [3.05, 3.63) is 23.3 Å². The molecule has 3 atom stereocenters. The monoisotopic (exact) mass is 371 g/mol. The third kappa shape index (κ3) is 10.6. The summed E-state index contributed by atoms with van der Waals surface area (Å²) in [6, 6.07) is -0.128. The molecule has 0 aliphatic carbocycles. The first-order chi connectivity index (χ1) is 11.5. The molecule has 0 saturated carbocycles. The van der Waals surface area contributed by atoms with E-state index in [0.29, 0.717) is 5.94 Å². The number of alkyl carbamates (subject to hydrolysis) is 1. The van der Waals surface area contributed by atoms with E-state index in [-0.39, 0.29) is 18.1 Å². The molecule has 0 aromatic carbocycles. The highest BCUT2D eigenvalue weighted by Crippen LogP contribution is 2.23. The molecule has 146 valence electrons. The highest BCUT2D eigenvalue weighted by atomic mass is 32.2. The third-order valence-corrected chi connectivity index (χ3v) is 4.26. The van der Waals surface area contributed by atoms with Crippen LogP contribution in [0.1, 0.15) is 61.8 Å². The molecular weight excluding hydrogens is 334 g/mol. The van der Waals surface area contributed by atoms with Gasteiger partial charge in [-0.15, -0.1) is 11.8 Å². The smallest absolute Gasteiger partial charge is 0.408 e. The van der Waals surface area contributed by atoms with Gasteiger partial charge in [-0.05, 0) is 61.1 Å². The quantitative estimate of drug-likeness (QED) is 0.427. The summed E-state index contributed by atoms with van der Waals surface area (Å²) in [5, 5.41) is 3.03. The molecule has 0 bridgehead atoms. The van der Waals surface area contributed by atoms with Gasteiger partial charge in [0.05, 0.1) is 18.1 Å². The predicted octanol–water partition coefficient (Wildman–Crippen LogP) is 5.54. The molecule has 4 nitrogen and oxygen atoms in total. The Bertz CT molecular complexity index is 462. The van der Waals surface area contributed by atoms with E-state index in [1.807, 2.05) is 47.0 Å². The number of amides is 1. The van der Waals surface area contributed by atoms with Crippen molar-refractivity contribution in [3.63, 3.8) is 0 Å². The summed E-state index contributed by atoms with van der Waals surface area (Å²) in [4.78, 5) is 12.3. The molecular formula is C20H37NO3S. The average Bonchev–Trinajstić information content (AvgIpc) is 2.49. The van der Waals surface area contributed by atoms with Crippen LogP contribution in [0.25, 0.3) is 0 Å². The summed E-state index contributed by atoms with van der Waals surface area (Å²) in [6.45, 7) is 15.9. The number of hydrogen-bond acceptors (Lipinski definition) is 4. The van der Waals surface area contributed by atoms with E-state index >= 15 is 0 Å². The predicted molar refractivity (Wildman–Crippen MR) is 109 cm³/mol. The van der Waals surface area contributed by atoms with Crippen LogP contribution in [0.15, 0.2) is 23.3 Å². The molecule has 1 amide bonds. The van der Waals surface area contributed by atoms with Crippen LogP contribution in [0.4, 0.5) is 4.79 Å². The second kappa shape index (κ2) is 11.6. The van der Waals surface area contributed by atoms with Crippen molar-refractivity contribution in [1.29, 1.82) is 0 Å². The van der Waals surface area contributed by atoms with Crippen molar-refractivity contribution in [2.24, 2.45) is 5.92 Å². The molecule has 0 heterocycles. The van der Waals surface area contributed by atoms with Crippen LogP contribution in [0, 0.1) is 5.92 Å². The minimum absolute atomic E-state index is 0.0252. The summed E-state index contributed by atoms with van der Waals surface area (Å²) in [5.74, 6) is 0.756. The van der Waals surface area contributed by atoms with Crippen LogP contribution in [0.2, 0.25) is 0 Å². The third-order valence-electron chi connectivity index (χ3n) is 3.89. The fraction of sp³-hybridized carbons (Fsp3) is 0.750. The Hall–Kier alpha value is -0.940. The summed E-state index contributed by atoms with van der Waals surface area (Å²) in [7, 11) is 0. The van der Waals surface area contributed by atoms with Gasteiger partial charge in [0.25, 0.3) is 0 Å². The fourth-order valence-electron chi connectivity index (χ4n) is 2.43. The maximum Gasteiger partial charge on any atom is 0.408 e. The normalized spacial score (nSPS) is 16.0. The van der Waals surface area contributed by atoms with Crippen LogP contribution >= 0.6 is 11.8 Å². The molecule has 0 aromatic rings. The Kier molecular flexibility index (Phi) is 11.2. The number of nitrogens with one attached hydrogen (secondary N) is 1. The largest absolute Gasteiger partial charge is 0.444 e. The second-order valence-corrected chi connectivity index (χ2v) is 8.46. The van der Waals surface area contributed by atoms with Gasteiger partial charge in [-0.25, -0.2) is 4.79 Å². The summed E-state index contributed by atoms with van der Waals surface area (Å²) in [5.41, 5.74) is 1.86. The molecule has 0 rings (SSSR count). The van der Waals surface area contributed by atoms with Crippen LogP contribution in [0.5, 0.6) is 0 Å². The standard InChI is InChI=1S/C20H37NO3S/c1-10-15(4)18(21-19(22)24-20(6,7)8)16(5)17(23-13-25-9)12-11-14(2)3/h10-11,16-18H,12-13H2,1-9H3,(H,21,22)/b15-10+/t16-,17-,18+/m0/s1. The molecule has 0 aliphatic heterocycles. The molecule has 25 heavy (non-hydrogen) atoms. The number of carbonyl (C=O) groups is 1. The van der Waals surface area contributed by atoms with E-state index in [4.69, 9.17) is 9.47 Å². The molecule has 5 heteroatoms. The molecule has 0 radical (unpaired) electrons. The van der Waals surface area contributed by atoms with Crippen molar-refractivity contribution in [3.8, 4) is 0 Å². The molecule has 0 unspecified atom stereocenters. The maximum absolute atomic E-state index is 12.3. The van der Waals surface area contributed by atoms with Crippen molar-refractivity contribution < 1.29 is 14.3 Å². The lowest BCUT2D eigenvalue weighted by atomic mass is 9.88. The lowest BCUT2D eigenvalue weighted by Gasteiger charge is -2.32. The van der Waals surface area contributed by atoms with Gasteiger partial charge in [0, 0.05) is 5.92 Å². The Morgan fingerprint density at radius 2 is 1.84 bits per heavy atom. The van der Waals surface area contributed by atoms with Gasteiger partial charge in [-0.1, -0.05) is 30.2 Å². The molecule has 0 saturated heterocycles. The zero-order chi connectivity index (χ0) is 19.6. The summed E-state index contributed by atoms with van der Waals surface area (Å²) in [6.07, 6.45) is 6.71. The first-order valence-electron chi connectivity index (χ1n) is 8.88. The van der Waals surface area contributed by atoms with Gasteiger partial charge in [0.2, 0.25) is 0 Å². The minimum atomic E-state index is -0.515. The van der Waals surface area contributed by atoms with Crippen molar-refractivity contribution in [2.45, 2.75) is 79.6 Å². The zero-order valence-electron chi connectivity index (χ0n) is 17.4. The highest BCUT2D eigenvalue weighted by Gasteiger charge is 2.29. The number of carbonyl (C=O) groups excluding carboxylic acids is 1. The molecule has 0 fully saturated rings. The minimum Gasteiger partial charge on any atom is -0.444 e. The number of hydrogen-bond donors (Lipinski definition) is 1. The number of allylic oxidation sites excluding steroid dienone is 2. The lowest BCUT2D eigenvalue weighted by molar-refractivity contribution is 0.0294. The van der Waals surface area contributed by atoms with Crippen molar-refractivity contribution in [1.82, 2.24) is 5.32 Å². The fourth-order valence-corrected chi connectivity index (χ4v) is 2.74. The average molecular weight is 372 g/mol. The van der Waals surface area contributed by atoms with E-state index in [0.717, 1.165) is 12.0 Å². The number of ether oxygens (including phenoxy) is 2. The van der Waals surface area contributed by atoms with Crippen LogP contribution < -0.4 is 5.32 Å². The summed E-state index contributed by atoms with van der Waals surface area (Å²) < 4.78 is 11.5. The highest BCUT2D eigenvalue weighted by molar-refractivity contribution is 7.98. The van der Waals surface area contributed by atoms with E-state index in [1.165, 1.54) is 5.57 Å². The number of rotatable bonds is 9. The number of thioether (sulfide) groups is 1. The maximum atomic E-state index is 12.3. The zero-order valence-corrected chi connectivity index (χ0v) is 18.3.